The maximum absolute atomic E-state index is 13.4. The molecule has 0 aliphatic rings. The molecule has 2 unspecified atom stereocenters. The molecule has 0 amide bonds. The van der Waals surface area contributed by atoms with Crippen LogP contribution in [0.2, 0.25) is 0 Å². The molecule has 6 aromatic carbocycles. The third-order valence-corrected chi connectivity index (χ3v) is 11.5. The van der Waals surface area contributed by atoms with Crippen molar-refractivity contribution >= 4 is 35.3 Å². The quantitative estimate of drug-likeness (QED) is 0.0535. The van der Waals surface area contributed by atoms with Crippen LogP contribution in [0.5, 0.6) is 5.75 Å². The zero-order valence-corrected chi connectivity index (χ0v) is 50.5. The number of rotatable bonds is 11. The Hall–Kier alpha value is -8.97. The SMILES string of the molecule is C.C.C.C.C.C.CC(=O)CCl.Cc1coc(-c2cc(C(F)(F)F)ccc2F)n1.Cc1coc(-c2cc(C(F)(F)F)ccc2F)n1.Cc1coc(-c2cc(C(F)(F)F)ccc2OC(C(=O)O)c2ccccc2)n1.O=C(O)C(O)c1ccccc1.O=C(O)c1cc(C(F)(F)F)ccc1F.[H-].[Na+]. The van der Waals surface area contributed by atoms with Crippen LogP contribution in [0.3, 0.4) is 0 Å². The number of benzene rings is 6. The van der Waals surface area contributed by atoms with Gasteiger partial charge in [0.25, 0.3) is 0 Å². The number of carboxylic acid groups (broad SMARTS) is 3. The summed E-state index contributed by atoms with van der Waals surface area (Å²) in [6, 6.07) is 24.5. The molecular formula is C66H70ClF15N3NaO12. The Kier molecular flexibility index (Phi) is 40.9. The van der Waals surface area contributed by atoms with Crippen LogP contribution in [0.25, 0.3) is 34.4 Å². The second-order valence-corrected chi connectivity index (χ2v) is 18.5. The molecule has 4 N–H and O–H groups in total. The minimum Gasteiger partial charge on any atom is -1.00 e. The molecular weight excluding hydrogens is 1370 g/mol. The maximum Gasteiger partial charge on any atom is 1.00 e. The predicted molar refractivity (Wildman–Crippen MR) is 333 cm³/mol. The van der Waals surface area contributed by atoms with Gasteiger partial charge in [0.2, 0.25) is 23.8 Å². The van der Waals surface area contributed by atoms with Gasteiger partial charge >= 0.3 is 72.2 Å². The first-order chi connectivity index (χ1) is 42.3. The first-order valence-corrected chi connectivity index (χ1v) is 25.6. The number of aromatic carboxylic acids is 1. The number of nitrogens with zero attached hydrogens (tertiary/aromatic N) is 3. The average Bonchev–Trinajstić information content (AvgIpc) is 1.77. The molecule has 0 fully saturated rings. The van der Waals surface area contributed by atoms with E-state index in [-0.39, 0.29) is 133 Å². The number of halogens is 16. The third-order valence-electron chi connectivity index (χ3n) is 11.1. The first kappa shape index (κ1) is 95.4. The van der Waals surface area contributed by atoms with Crippen molar-refractivity contribution < 1.29 is 154 Å². The van der Waals surface area contributed by atoms with Gasteiger partial charge in [0, 0.05) is 5.56 Å². The zero-order chi connectivity index (χ0) is 68.3. The predicted octanol–water partition coefficient (Wildman–Crippen LogP) is 17.6. The van der Waals surface area contributed by atoms with Crippen molar-refractivity contribution in [2.45, 2.75) is 109 Å². The van der Waals surface area contributed by atoms with Gasteiger partial charge in [-0.2, -0.15) is 52.7 Å². The van der Waals surface area contributed by atoms with Crippen molar-refractivity contribution in [2.75, 3.05) is 5.88 Å². The molecule has 98 heavy (non-hydrogen) atoms. The molecule has 2 atom stereocenters. The molecule has 0 bridgehead atoms. The second-order valence-electron chi connectivity index (χ2n) is 18.2. The van der Waals surface area contributed by atoms with Gasteiger partial charge in [0.15, 0.2) is 6.10 Å². The van der Waals surface area contributed by atoms with Crippen molar-refractivity contribution in [1.82, 2.24) is 15.0 Å². The van der Waals surface area contributed by atoms with Crippen molar-refractivity contribution in [3.8, 4) is 40.1 Å². The topological polar surface area (TPSA) is 237 Å². The second kappa shape index (κ2) is 42.0. The Morgan fingerprint density at radius 2 is 0.786 bits per heavy atom. The van der Waals surface area contributed by atoms with Crippen LogP contribution < -0.4 is 34.3 Å². The van der Waals surface area contributed by atoms with Gasteiger partial charge in [-0.1, -0.05) is 105 Å². The Labute approximate surface area is 582 Å². The molecule has 32 heteroatoms. The molecule has 0 aliphatic heterocycles. The number of aryl methyl sites for hydroxylation is 3. The third kappa shape index (κ3) is 29.4. The number of ketones is 1. The first-order valence-electron chi connectivity index (χ1n) is 25.1. The van der Waals surface area contributed by atoms with E-state index in [0.717, 1.165) is 30.3 Å². The fourth-order valence-corrected chi connectivity index (χ4v) is 6.80. The minimum atomic E-state index is -4.67. The smallest absolute Gasteiger partial charge is 1.00 e. The summed E-state index contributed by atoms with van der Waals surface area (Å²) in [7, 11) is 0. The van der Waals surface area contributed by atoms with Gasteiger partial charge in [-0.15, -0.1) is 11.6 Å². The van der Waals surface area contributed by atoms with Gasteiger partial charge in [-0.05, 0) is 106 Å². The summed E-state index contributed by atoms with van der Waals surface area (Å²) in [5, 5.41) is 35.2. The number of carbonyl (C=O) groups excluding carboxylic acids is 1. The zero-order valence-electron chi connectivity index (χ0n) is 48.7. The summed E-state index contributed by atoms with van der Waals surface area (Å²) in [5.41, 5.74) is -3.50. The molecule has 15 nitrogen and oxygen atoms in total. The fraction of sp³-hybridized carbons (Fsp3) is 0.258. The number of aliphatic hydroxyl groups is 1. The van der Waals surface area contributed by atoms with Gasteiger partial charge in [0.05, 0.1) is 67.5 Å². The number of hydrogen-bond donors (Lipinski definition) is 4. The van der Waals surface area contributed by atoms with Crippen molar-refractivity contribution in [3.63, 3.8) is 0 Å². The van der Waals surface area contributed by atoms with Crippen LogP contribution in [0.15, 0.2) is 166 Å². The van der Waals surface area contributed by atoms with Crippen molar-refractivity contribution in [3.05, 3.63) is 226 Å². The number of aromatic nitrogens is 3. The summed E-state index contributed by atoms with van der Waals surface area (Å²) < 4.78 is 210. The van der Waals surface area contributed by atoms with Crippen molar-refractivity contribution in [1.29, 1.82) is 0 Å². The Bertz CT molecular complexity index is 3810. The number of alkyl halides is 13. The number of aliphatic carboxylic acids is 2. The minimum absolute atomic E-state index is 0. The molecule has 9 rings (SSSR count). The Morgan fingerprint density at radius 1 is 0.480 bits per heavy atom. The standard InChI is InChI=1S/C19H14F3NO4.2C11H7F4NO.C8H4F4O2.C8H8O3.C3H5ClO.6CH4.Na.H/c1-11-10-26-17(23-11)14-9-13(19(20,21)22)7-8-15(14)27-16(18(24)25)12-5-3-2-4-6-12;2*1-6-5-17-10(16-6)8-4-7(11(13,14)15)2-3-9(8)12;9-6-2-1-4(8(10,11)12)3-5(6)7(13)14;9-7(8(10)11)6-4-2-1-3-5-6;1-3(5)2-4;;;;;;;;/h2-10,16H,1H3,(H,24,25);2*2-5H,1H3;1-3H,(H,13,14);1-5,7,9H,(H,10,11);2H2,1H3;6*1H4;;/q;;;;;;;;;;;;+1;-1. The molecule has 3 heterocycles. The number of carbonyl (C=O) groups is 4. The average molecular weight is 1440 g/mol. The molecule has 3 aromatic heterocycles. The van der Waals surface area contributed by atoms with Crippen LogP contribution >= 0.6 is 11.6 Å². The number of aliphatic hydroxyl groups excluding tert-OH is 1. The number of ether oxygens (including phenoxy) is 1. The summed E-state index contributed by atoms with van der Waals surface area (Å²) in [5.74, 6) is -7.37. The van der Waals surface area contributed by atoms with E-state index in [1.807, 2.05) is 0 Å². The van der Waals surface area contributed by atoms with E-state index in [1.165, 1.54) is 25.7 Å². The van der Waals surface area contributed by atoms with E-state index in [0.29, 0.717) is 64.6 Å². The molecule has 0 spiro atoms. The van der Waals surface area contributed by atoms with E-state index in [4.69, 9.17) is 44.9 Å². The van der Waals surface area contributed by atoms with Gasteiger partial charge < -0.3 is 39.8 Å². The number of carboxylic acids is 3. The number of Topliss-reactive ketones (excluding diaryl/α,β-unsaturated/α-hetero) is 1. The molecule has 534 valence electrons. The summed E-state index contributed by atoms with van der Waals surface area (Å²) in [4.78, 5) is 53.5. The number of oxazole rings is 3. The van der Waals surface area contributed by atoms with Crippen LogP contribution in [0, 0.1) is 38.2 Å². The molecule has 0 radical (unpaired) electrons. The van der Waals surface area contributed by atoms with E-state index in [2.05, 4.69) is 15.0 Å². The van der Waals surface area contributed by atoms with Crippen LogP contribution in [-0.4, -0.2) is 64.9 Å². The van der Waals surface area contributed by atoms with Crippen LogP contribution in [0.4, 0.5) is 65.9 Å². The normalized spacial score (nSPS) is 11.0. The van der Waals surface area contributed by atoms with Gasteiger partial charge in [0.1, 0.15) is 47.8 Å². The fourth-order valence-electron chi connectivity index (χ4n) is 6.80. The van der Waals surface area contributed by atoms with Gasteiger partial charge in [-0.3, -0.25) is 4.79 Å². The molecule has 0 aliphatic carbocycles. The Balaban J connectivity index is -0.000000368. The van der Waals surface area contributed by atoms with E-state index in [1.54, 1.807) is 81.4 Å². The van der Waals surface area contributed by atoms with E-state index < -0.39 is 100 Å². The van der Waals surface area contributed by atoms with Gasteiger partial charge in [-0.25, -0.2) is 42.5 Å². The van der Waals surface area contributed by atoms with E-state index in [9.17, 15) is 90.1 Å². The summed E-state index contributed by atoms with van der Waals surface area (Å²) >= 11 is 4.99. The van der Waals surface area contributed by atoms with Crippen molar-refractivity contribution in [2.24, 2.45) is 0 Å². The summed E-state index contributed by atoms with van der Waals surface area (Å²) in [6.45, 7) is 6.26. The molecule has 0 saturated carbocycles. The van der Waals surface area contributed by atoms with Crippen LogP contribution in [-0.2, 0) is 39.1 Å². The number of hydrogen-bond acceptors (Lipinski definition) is 12. The van der Waals surface area contributed by atoms with E-state index >= 15 is 0 Å². The summed E-state index contributed by atoms with van der Waals surface area (Å²) in [6.07, 6.45) is -17.3. The Morgan fingerprint density at radius 3 is 1.08 bits per heavy atom. The maximum atomic E-state index is 13.4. The van der Waals surface area contributed by atoms with Crippen LogP contribution in [0.1, 0.15) is 126 Å². The largest absolute Gasteiger partial charge is 1.00 e. The monoisotopic (exact) mass is 1440 g/mol. The molecule has 9 aromatic rings. The molecule has 0 saturated heterocycles.